The summed E-state index contributed by atoms with van der Waals surface area (Å²) in [4.78, 5) is 0. The van der Waals surface area contributed by atoms with Crippen molar-refractivity contribution in [3.63, 3.8) is 0 Å². The highest BCUT2D eigenvalue weighted by Gasteiger charge is 2.39. The third-order valence-electron chi connectivity index (χ3n) is 4.26. The Kier molecular flexibility index (Phi) is 5.39. The first-order chi connectivity index (χ1) is 9.18. The number of hydrogen-bond donors (Lipinski definition) is 1. The predicted octanol–water partition coefficient (Wildman–Crippen LogP) is 2.90. The number of benzene rings is 1. The van der Waals surface area contributed by atoms with Gasteiger partial charge in [0, 0.05) is 6.26 Å². The molecule has 1 rings (SSSR count). The van der Waals surface area contributed by atoms with Crippen molar-refractivity contribution in [2.24, 2.45) is 0 Å². The molecule has 0 amide bonds. The Morgan fingerprint density at radius 2 is 1.70 bits per heavy atom. The summed E-state index contributed by atoms with van der Waals surface area (Å²) in [6.07, 6.45) is 3.27. The van der Waals surface area contributed by atoms with Gasteiger partial charge >= 0.3 is 0 Å². The van der Waals surface area contributed by atoms with Crippen LogP contribution in [0.2, 0.25) is 0 Å². The molecule has 20 heavy (non-hydrogen) atoms. The molecule has 0 saturated carbocycles. The number of nitrogens with one attached hydrogen (secondary N) is 1. The van der Waals surface area contributed by atoms with Crippen molar-refractivity contribution in [1.82, 2.24) is 5.32 Å². The van der Waals surface area contributed by atoms with Crippen molar-refractivity contribution in [2.75, 3.05) is 13.3 Å². The Hall–Kier alpha value is -0.870. The molecule has 0 spiro atoms. The first-order valence-electron chi connectivity index (χ1n) is 7.17. The molecule has 0 radical (unpaired) electrons. The van der Waals surface area contributed by atoms with E-state index in [4.69, 9.17) is 0 Å². The molecule has 1 aromatic rings. The Bertz CT molecular complexity index is 562. The van der Waals surface area contributed by atoms with E-state index >= 15 is 0 Å². The lowest BCUT2D eigenvalue weighted by Crippen LogP contribution is -2.43. The molecule has 1 unspecified atom stereocenters. The fourth-order valence-electron chi connectivity index (χ4n) is 2.63. The van der Waals surface area contributed by atoms with Gasteiger partial charge in [0.05, 0.1) is 10.8 Å². The highest BCUT2D eigenvalue weighted by Crippen LogP contribution is 2.33. The van der Waals surface area contributed by atoms with Crippen LogP contribution in [0.25, 0.3) is 0 Å². The Morgan fingerprint density at radius 3 is 2.10 bits per heavy atom. The first kappa shape index (κ1) is 17.2. The van der Waals surface area contributed by atoms with Gasteiger partial charge in [-0.2, -0.15) is 0 Å². The van der Waals surface area contributed by atoms with Gasteiger partial charge in [-0.1, -0.05) is 32.0 Å². The normalized spacial score (nSPS) is 14.3. The van der Waals surface area contributed by atoms with Gasteiger partial charge in [0.1, 0.15) is 0 Å². The number of sulfone groups is 1. The first-order valence-corrected chi connectivity index (χ1v) is 9.06. The Balaban J connectivity index is 3.33. The van der Waals surface area contributed by atoms with Crippen LogP contribution in [0.4, 0.5) is 0 Å². The molecule has 0 aliphatic rings. The summed E-state index contributed by atoms with van der Waals surface area (Å²) >= 11 is 0. The maximum Gasteiger partial charge on any atom is 0.154 e. The summed E-state index contributed by atoms with van der Waals surface area (Å²) < 4.78 is 23.3. The molecule has 0 fully saturated rings. The molecule has 1 aromatic carbocycles. The lowest BCUT2D eigenvalue weighted by atomic mass is 9.91. The highest BCUT2D eigenvalue weighted by atomic mass is 32.2. The van der Waals surface area contributed by atoms with Gasteiger partial charge in [0.2, 0.25) is 0 Å². The predicted molar refractivity (Wildman–Crippen MR) is 85.9 cm³/mol. The van der Waals surface area contributed by atoms with Crippen LogP contribution in [-0.4, -0.2) is 26.5 Å². The number of rotatable bonds is 6. The molecule has 0 saturated heterocycles. The van der Waals surface area contributed by atoms with Crippen molar-refractivity contribution in [2.45, 2.75) is 51.3 Å². The molecule has 114 valence electrons. The minimum atomic E-state index is -3.16. The van der Waals surface area contributed by atoms with Crippen LogP contribution in [0.5, 0.6) is 0 Å². The average Bonchev–Trinajstić information content (AvgIpc) is 2.37. The van der Waals surface area contributed by atoms with E-state index in [0.29, 0.717) is 0 Å². The monoisotopic (exact) mass is 297 g/mol. The summed E-state index contributed by atoms with van der Waals surface area (Å²) in [5, 5.41) is 3.17. The Morgan fingerprint density at radius 1 is 1.15 bits per heavy atom. The SMILES string of the molecule is CCc1ccc(C(NC)C(C)(C)S(C)(=O)=O)cc1CC. The van der Waals surface area contributed by atoms with E-state index in [1.807, 2.05) is 13.1 Å². The lowest BCUT2D eigenvalue weighted by Gasteiger charge is -2.33. The summed E-state index contributed by atoms with van der Waals surface area (Å²) in [5.74, 6) is 0. The number of hydrogen-bond acceptors (Lipinski definition) is 3. The second-order valence-electron chi connectivity index (χ2n) is 5.83. The van der Waals surface area contributed by atoms with Crippen molar-refractivity contribution < 1.29 is 8.42 Å². The van der Waals surface area contributed by atoms with Crippen LogP contribution < -0.4 is 5.32 Å². The van der Waals surface area contributed by atoms with Gasteiger partial charge < -0.3 is 5.32 Å². The molecule has 0 aliphatic heterocycles. The van der Waals surface area contributed by atoms with Crippen molar-refractivity contribution in [3.05, 3.63) is 34.9 Å². The second-order valence-corrected chi connectivity index (χ2v) is 8.43. The van der Waals surface area contributed by atoms with E-state index in [1.165, 1.54) is 17.4 Å². The summed E-state index contributed by atoms with van der Waals surface area (Å²) in [6.45, 7) is 7.84. The molecule has 0 aliphatic carbocycles. The largest absolute Gasteiger partial charge is 0.312 e. The average molecular weight is 297 g/mol. The smallest absolute Gasteiger partial charge is 0.154 e. The summed E-state index contributed by atoms with van der Waals surface area (Å²) in [6, 6.07) is 6.10. The van der Waals surface area contributed by atoms with E-state index in [9.17, 15) is 8.42 Å². The minimum absolute atomic E-state index is 0.214. The minimum Gasteiger partial charge on any atom is -0.312 e. The maximum absolute atomic E-state index is 12.1. The molecule has 0 aromatic heterocycles. The van der Waals surface area contributed by atoms with Gasteiger partial charge in [-0.15, -0.1) is 0 Å². The van der Waals surface area contributed by atoms with Crippen molar-refractivity contribution in [1.29, 1.82) is 0 Å². The fraction of sp³-hybridized carbons (Fsp3) is 0.625. The topological polar surface area (TPSA) is 46.2 Å². The lowest BCUT2D eigenvalue weighted by molar-refractivity contribution is 0.446. The van der Waals surface area contributed by atoms with Crippen LogP contribution in [0.15, 0.2) is 18.2 Å². The van der Waals surface area contributed by atoms with E-state index in [1.54, 1.807) is 13.8 Å². The molecule has 0 bridgehead atoms. The van der Waals surface area contributed by atoms with E-state index < -0.39 is 14.6 Å². The quantitative estimate of drug-likeness (QED) is 0.878. The van der Waals surface area contributed by atoms with Crippen LogP contribution in [0, 0.1) is 0 Å². The van der Waals surface area contributed by atoms with Gasteiger partial charge in [0.25, 0.3) is 0 Å². The van der Waals surface area contributed by atoms with E-state index in [0.717, 1.165) is 18.4 Å². The van der Waals surface area contributed by atoms with E-state index in [2.05, 4.69) is 31.3 Å². The summed E-state index contributed by atoms with van der Waals surface area (Å²) in [5.41, 5.74) is 3.68. The van der Waals surface area contributed by atoms with Crippen LogP contribution in [0.1, 0.15) is 50.4 Å². The van der Waals surface area contributed by atoms with Gasteiger partial charge in [0.15, 0.2) is 9.84 Å². The fourth-order valence-corrected chi connectivity index (χ4v) is 3.31. The zero-order valence-corrected chi connectivity index (χ0v) is 14.3. The standard InChI is InChI=1S/C16H27NO2S/c1-7-12-9-10-14(11-13(12)8-2)15(17-5)16(3,4)20(6,18)19/h9-11,15,17H,7-8H2,1-6H3. The molecule has 3 nitrogen and oxygen atoms in total. The number of aryl methyl sites for hydroxylation is 2. The molecular weight excluding hydrogens is 270 g/mol. The molecule has 1 atom stereocenters. The van der Waals surface area contributed by atoms with E-state index in [-0.39, 0.29) is 6.04 Å². The molecule has 0 heterocycles. The second kappa shape index (κ2) is 6.27. The van der Waals surface area contributed by atoms with Gasteiger partial charge in [-0.25, -0.2) is 8.42 Å². The summed E-state index contributed by atoms with van der Waals surface area (Å²) in [7, 11) is -1.34. The van der Waals surface area contributed by atoms with Crippen LogP contribution >= 0.6 is 0 Å². The highest BCUT2D eigenvalue weighted by molar-refractivity contribution is 7.92. The van der Waals surface area contributed by atoms with Crippen molar-refractivity contribution in [3.8, 4) is 0 Å². The third kappa shape index (κ3) is 3.23. The molecule has 4 heteroatoms. The van der Waals surface area contributed by atoms with Gasteiger partial charge in [-0.3, -0.25) is 0 Å². The Labute approximate surface area is 123 Å². The van der Waals surface area contributed by atoms with Crippen molar-refractivity contribution >= 4 is 9.84 Å². The zero-order valence-electron chi connectivity index (χ0n) is 13.4. The van der Waals surface area contributed by atoms with Crippen LogP contribution in [0.3, 0.4) is 0 Å². The molecular formula is C16H27NO2S. The zero-order chi connectivity index (χ0) is 15.6. The van der Waals surface area contributed by atoms with Gasteiger partial charge in [-0.05, 0) is 50.4 Å². The van der Waals surface area contributed by atoms with Crippen LogP contribution in [-0.2, 0) is 22.7 Å². The maximum atomic E-state index is 12.1. The third-order valence-corrected chi connectivity index (χ3v) is 6.41. The molecule has 1 N–H and O–H groups in total.